The van der Waals surface area contributed by atoms with E-state index in [1.807, 2.05) is 6.33 Å². The molecule has 1 aromatic heterocycles. The van der Waals surface area contributed by atoms with Gasteiger partial charge in [-0.05, 0) is 37.7 Å². The van der Waals surface area contributed by atoms with Gasteiger partial charge in [0.2, 0.25) is 0 Å². The summed E-state index contributed by atoms with van der Waals surface area (Å²) in [7, 11) is 0. The molecule has 0 radical (unpaired) electrons. The Morgan fingerprint density at radius 3 is 3.06 bits per heavy atom. The van der Waals surface area contributed by atoms with E-state index in [0.29, 0.717) is 0 Å². The number of hydrogen-bond acceptors (Lipinski definition) is 2. The molecule has 1 aromatic rings. The van der Waals surface area contributed by atoms with E-state index in [0.717, 1.165) is 31.5 Å². The van der Waals surface area contributed by atoms with Crippen molar-refractivity contribution in [1.29, 1.82) is 0 Å². The van der Waals surface area contributed by atoms with E-state index in [1.54, 1.807) is 6.20 Å². The highest BCUT2D eigenvalue weighted by Gasteiger charge is 2.18. The SMILES string of the molecule is CCCn1cncc1C(O)C1=CCCCC1. The highest BCUT2D eigenvalue weighted by molar-refractivity contribution is 5.20. The van der Waals surface area contributed by atoms with Gasteiger partial charge in [-0.15, -0.1) is 0 Å². The number of nitrogens with zero attached hydrogens (tertiary/aromatic N) is 2. The molecule has 0 saturated heterocycles. The van der Waals surface area contributed by atoms with Crippen LogP contribution in [0.25, 0.3) is 0 Å². The van der Waals surface area contributed by atoms with Crippen LogP contribution in [0.1, 0.15) is 50.8 Å². The van der Waals surface area contributed by atoms with Crippen molar-refractivity contribution in [2.24, 2.45) is 0 Å². The minimum atomic E-state index is -0.450. The largest absolute Gasteiger partial charge is 0.382 e. The molecule has 0 bridgehead atoms. The van der Waals surface area contributed by atoms with Crippen molar-refractivity contribution in [2.45, 2.75) is 51.7 Å². The molecule has 3 nitrogen and oxygen atoms in total. The van der Waals surface area contributed by atoms with Crippen LogP contribution in [0.5, 0.6) is 0 Å². The lowest BCUT2D eigenvalue weighted by Crippen LogP contribution is -2.10. The highest BCUT2D eigenvalue weighted by atomic mass is 16.3. The van der Waals surface area contributed by atoms with Gasteiger partial charge in [0.1, 0.15) is 6.10 Å². The van der Waals surface area contributed by atoms with Gasteiger partial charge >= 0.3 is 0 Å². The van der Waals surface area contributed by atoms with Gasteiger partial charge in [0.05, 0.1) is 18.2 Å². The van der Waals surface area contributed by atoms with Gasteiger partial charge in [-0.25, -0.2) is 4.98 Å². The third-order valence-electron chi connectivity index (χ3n) is 3.17. The third-order valence-corrected chi connectivity index (χ3v) is 3.17. The molecule has 1 aliphatic rings. The molecule has 2 rings (SSSR count). The Morgan fingerprint density at radius 1 is 1.50 bits per heavy atom. The maximum Gasteiger partial charge on any atom is 0.117 e. The molecule has 0 aliphatic heterocycles. The first-order valence-electron chi connectivity index (χ1n) is 6.20. The standard InChI is InChI=1S/C13H20N2O/c1-2-8-15-10-14-9-12(15)13(16)11-6-4-3-5-7-11/h6,9-10,13,16H,2-5,7-8H2,1H3. The number of hydrogen-bond donors (Lipinski definition) is 1. The molecule has 1 unspecified atom stereocenters. The zero-order valence-electron chi connectivity index (χ0n) is 9.89. The predicted octanol–water partition coefficient (Wildman–Crippen LogP) is 2.83. The molecule has 0 saturated carbocycles. The maximum atomic E-state index is 10.3. The monoisotopic (exact) mass is 220 g/mol. The van der Waals surface area contributed by atoms with Crippen LogP contribution in [0, 0.1) is 0 Å². The van der Waals surface area contributed by atoms with Crippen molar-refractivity contribution < 1.29 is 5.11 Å². The van der Waals surface area contributed by atoms with E-state index in [1.165, 1.54) is 18.4 Å². The number of aliphatic hydroxyl groups excluding tert-OH is 1. The highest BCUT2D eigenvalue weighted by Crippen LogP contribution is 2.29. The fraction of sp³-hybridized carbons (Fsp3) is 0.615. The van der Waals surface area contributed by atoms with Crippen LogP contribution in [0.3, 0.4) is 0 Å². The van der Waals surface area contributed by atoms with Gasteiger partial charge < -0.3 is 9.67 Å². The molecule has 0 aromatic carbocycles. The summed E-state index contributed by atoms with van der Waals surface area (Å²) in [4.78, 5) is 4.13. The van der Waals surface area contributed by atoms with Gasteiger partial charge in [-0.1, -0.05) is 13.0 Å². The minimum Gasteiger partial charge on any atom is -0.382 e. The Morgan fingerprint density at radius 2 is 2.38 bits per heavy atom. The Hall–Kier alpha value is -1.09. The fourth-order valence-electron chi connectivity index (χ4n) is 2.29. The normalized spacial score (nSPS) is 18.2. The van der Waals surface area contributed by atoms with Crippen molar-refractivity contribution >= 4 is 0 Å². The van der Waals surface area contributed by atoms with E-state index in [-0.39, 0.29) is 0 Å². The Kier molecular flexibility index (Phi) is 3.78. The maximum absolute atomic E-state index is 10.3. The number of rotatable bonds is 4. The molecular formula is C13H20N2O. The summed E-state index contributed by atoms with van der Waals surface area (Å²) in [6, 6.07) is 0. The first-order chi connectivity index (χ1) is 7.83. The van der Waals surface area contributed by atoms with Crippen LogP contribution in [0.2, 0.25) is 0 Å². The lowest BCUT2D eigenvalue weighted by Gasteiger charge is -2.19. The van der Waals surface area contributed by atoms with Crippen molar-refractivity contribution in [3.63, 3.8) is 0 Å². The molecule has 1 atom stereocenters. The van der Waals surface area contributed by atoms with E-state index >= 15 is 0 Å². The topological polar surface area (TPSA) is 38.0 Å². The van der Waals surface area contributed by atoms with Crippen LogP contribution in [-0.2, 0) is 6.54 Å². The second-order valence-corrected chi connectivity index (χ2v) is 4.44. The summed E-state index contributed by atoms with van der Waals surface area (Å²) in [6.07, 6.45) is 11.0. The zero-order chi connectivity index (χ0) is 11.4. The smallest absolute Gasteiger partial charge is 0.117 e. The fourth-order valence-corrected chi connectivity index (χ4v) is 2.29. The summed E-state index contributed by atoms with van der Waals surface area (Å²) in [6.45, 7) is 3.07. The molecule has 1 N–H and O–H groups in total. The first-order valence-corrected chi connectivity index (χ1v) is 6.20. The van der Waals surface area contributed by atoms with Crippen molar-refractivity contribution in [1.82, 2.24) is 9.55 Å². The van der Waals surface area contributed by atoms with Crippen molar-refractivity contribution in [2.75, 3.05) is 0 Å². The van der Waals surface area contributed by atoms with Crippen LogP contribution in [0.15, 0.2) is 24.2 Å². The van der Waals surface area contributed by atoms with Crippen LogP contribution in [-0.4, -0.2) is 14.7 Å². The van der Waals surface area contributed by atoms with Crippen LogP contribution >= 0.6 is 0 Å². The summed E-state index contributed by atoms with van der Waals surface area (Å²) >= 11 is 0. The molecule has 16 heavy (non-hydrogen) atoms. The Bertz CT molecular complexity index is 368. The molecule has 88 valence electrons. The van der Waals surface area contributed by atoms with Gasteiger partial charge in [-0.2, -0.15) is 0 Å². The molecule has 1 heterocycles. The summed E-state index contributed by atoms with van der Waals surface area (Å²) in [5, 5.41) is 10.3. The number of allylic oxidation sites excluding steroid dienone is 1. The van der Waals surface area contributed by atoms with Crippen LogP contribution < -0.4 is 0 Å². The van der Waals surface area contributed by atoms with Gasteiger partial charge in [0.25, 0.3) is 0 Å². The third kappa shape index (κ3) is 2.35. The van der Waals surface area contributed by atoms with Crippen molar-refractivity contribution in [3.05, 3.63) is 29.9 Å². The van der Waals surface area contributed by atoms with E-state index in [2.05, 4.69) is 22.6 Å². The Labute approximate surface area is 96.8 Å². The summed E-state index contributed by atoms with van der Waals surface area (Å²) in [5.41, 5.74) is 2.11. The molecule has 3 heteroatoms. The van der Waals surface area contributed by atoms with Gasteiger partial charge in [-0.3, -0.25) is 0 Å². The predicted molar refractivity (Wildman–Crippen MR) is 64.0 cm³/mol. The average molecular weight is 220 g/mol. The number of aromatic nitrogens is 2. The molecule has 0 amide bonds. The summed E-state index contributed by atoms with van der Waals surface area (Å²) in [5.74, 6) is 0. The summed E-state index contributed by atoms with van der Waals surface area (Å²) < 4.78 is 2.06. The van der Waals surface area contributed by atoms with Crippen LogP contribution in [0.4, 0.5) is 0 Å². The van der Waals surface area contributed by atoms with Gasteiger partial charge in [0.15, 0.2) is 0 Å². The number of aliphatic hydroxyl groups is 1. The Balaban J connectivity index is 2.15. The van der Waals surface area contributed by atoms with Gasteiger partial charge in [0, 0.05) is 6.54 Å². The molecule has 0 fully saturated rings. The van der Waals surface area contributed by atoms with E-state index in [9.17, 15) is 5.11 Å². The second kappa shape index (κ2) is 5.30. The second-order valence-electron chi connectivity index (χ2n) is 4.44. The molecule has 0 spiro atoms. The lowest BCUT2D eigenvalue weighted by atomic mass is 9.94. The van der Waals surface area contributed by atoms with E-state index < -0.39 is 6.10 Å². The van der Waals surface area contributed by atoms with E-state index in [4.69, 9.17) is 0 Å². The molecular weight excluding hydrogens is 200 g/mol. The first kappa shape index (κ1) is 11.4. The quantitative estimate of drug-likeness (QED) is 0.792. The molecule has 1 aliphatic carbocycles. The lowest BCUT2D eigenvalue weighted by molar-refractivity contribution is 0.198. The zero-order valence-corrected chi connectivity index (χ0v) is 9.89. The number of imidazole rings is 1. The average Bonchev–Trinajstić information content (AvgIpc) is 2.78. The number of aryl methyl sites for hydroxylation is 1. The van der Waals surface area contributed by atoms with Crippen molar-refractivity contribution in [3.8, 4) is 0 Å². The minimum absolute atomic E-state index is 0.450.